The Bertz CT molecular complexity index is 1340. The topological polar surface area (TPSA) is 86.5 Å². The van der Waals surface area contributed by atoms with E-state index in [0.29, 0.717) is 33.0 Å². The number of carbonyl (C=O) groups excluding carboxylic acids is 1. The highest BCUT2D eigenvalue weighted by Crippen LogP contribution is 2.29. The second kappa shape index (κ2) is 7.50. The predicted molar refractivity (Wildman–Crippen MR) is 119 cm³/mol. The number of hydrogen-bond acceptors (Lipinski definition) is 3. The van der Waals surface area contributed by atoms with Gasteiger partial charge >= 0.3 is 0 Å². The summed E-state index contributed by atoms with van der Waals surface area (Å²) in [5.74, 6) is -0.262. The second-order valence-corrected chi connectivity index (χ2v) is 7.13. The smallest absolute Gasteiger partial charge is 0.255 e. The first-order chi connectivity index (χ1) is 14.7. The molecule has 3 heterocycles. The van der Waals surface area contributed by atoms with Gasteiger partial charge in [0.1, 0.15) is 11.4 Å². The Kier molecular flexibility index (Phi) is 4.53. The van der Waals surface area contributed by atoms with Crippen molar-refractivity contribution in [1.29, 1.82) is 0 Å². The standard InChI is InChI=1S/C23H16ClN5O/c24-15-5-1-2-6-16(15)29-23(30)14-9-10-17-20(13-14)28-22(19-8-4-12-26-19)21(27-17)18-7-3-11-25-18/h1-13,25-26H,(H,29,30). The largest absolute Gasteiger partial charge is 0.360 e. The number of amides is 1. The maximum atomic E-state index is 12.7. The van der Waals surface area contributed by atoms with Crippen LogP contribution in [0.1, 0.15) is 10.4 Å². The zero-order valence-corrected chi connectivity index (χ0v) is 16.4. The number of nitrogens with zero attached hydrogens (tertiary/aromatic N) is 2. The average Bonchev–Trinajstić information content (AvgIpc) is 3.48. The molecular formula is C23H16ClN5O. The van der Waals surface area contributed by atoms with Crippen LogP contribution in [0.15, 0.2) is 79.1 Å². The summed E-state index contributed by atoms with van der Waals surface area (Å²) in [7, 11) is 0. The van der Waals surface area contributed by atoms with Crippen LogP contribution in [-0.4, -0.2) is 25.8 Å². The maximum Gasteiger partial charge on any atom is 0.255 e. The monoisotopic (exact) mass is 413 g/mol. The lowest BCUT2D eigenvalue weighted by Crippen LogP contribution is -2.12. The summed E-state index contributed by atoms with van der Waals surface area (Å²) in [4.78, 5) is 28.8. The normalized spacial score (nSPS) is 11.0. The van der Waals surface area contributed by atoms with Gasteiger partial charge in [0.2, 0.25) is 0 Å². The predicted octanol–water partition coefficient (Wildman–Crippen LogP) is 5.53. The van der Waals surface area contributed by atoms with E-state index in [1.165, 1.54) is 0 Å². The lowest BCUT2D eigenvalue weighted by molar-refractivity contribution is 0.102. The van der Waals surface area contributed by atoms with Crippen molar-refractivity contribution >= 4 is 34.2 Å². The van der Waals surface area contributed by atoms with Gasteiger partial charge in [-0.15, -0.1) is 0 Å². The Morgan fingerprint density at radius 2 is 1.47 bits per heavy atom. The first-order valence-electron chi connectivity index (χ1n) is 9.34. The first kappa shape index (κ1) is 18.1. The summed E-state index contributed by atoms with van der Waals surface area (Å²) in [5.41, 5.74) is 5.52. The van der Waals surface area contributed by atoms with Crippen LogP contribution in [0.25, 0.3) is 33.8 Å². The molecule has 146 valence electrons. The van der Waals surface area contributed by atoms with Crippen LogP contribution in [0.2, 0.25) is 5.02 Å². The van der Waals surface area contributed by atoms with Crippen molar-refractivity contribution in [2.75, 3.05) is 5.32 Å². The van der Waals surface area contributed by atoms with Gasteiger partial charge in [-0.1, -0.05) is 23.7 Å². The van der Waals surface area contributed by atoms with Crippen molar-refractivity contribution in [2.45, 2.75) is 0 Å². The number of anilines is 1. The van der Waals surface area contributed by atoms with Gasteiger partial charge in [-0.25, -0.2) is 9.97 Å². The van der Waals surface area contributed by atoms with Crippen molar-refractivity contribution < 1.29 is 4.79 Å². The Hall–Kier alpha value is -3.90. The van der Waals surface area contributed by atoms with Crippen molar-refractivity contribution in [2.24, 2.45) is 0 Å². The highest BCUT2D eigenvalue weighted by molar-refractivity contribution is 6.33. The number of hydrogen-bond donors (Lipinski definition) is 3. The third-order valence-electron chi connectivity index (χ3n) is 4.75. The molecule has 0 saturated carbocycles. The molecule has 0 fully saturated rings. The molecule has 0 aliphatic carbocycles. The van der Waals surface area contributed by atoms with E-state index in [0.717, 1.165) is 17.1 Å². The highest BCUT2D eigenvalue weighted by atomic mass is 35.5. The summed E-state index contributed by atoms with van der Waals surface area (Å²) in [6.07, 6.45) is 3.69. The maximum absolute atomic E-state index is 12.7. The number of nitrogens with one attached hydrogen (secondary N) is 3. The van der Waals surface area contributed by atoms with Gasteiger partial charge in [0, 0.05) is 18.0 Å². The van der Waals surface area contributed by atoms with Crippen LogP contribution in [0.4, 0.5) is 5.69 Å². The molecule has 0 unspecified atom stereocenters. The van der Waals surface area contributed by atoms with Crippen LogP contribution >= 0.6 is 11.6 Å². The van der Waals surface area contributed by atoms with E-state index < -0.39 is 0 Å². The summed E-state index contributed by atoms with van der Waals surface area (Å²) < 4.78 is 0. The minimum atomic E-state index is -0.262. The second-order valence-electron chi connectivity index (χ2n) is 6.73. The molecule has 5 aromatic rings. The Morgan fingerprint density at radius 1 is 0.800 bits per heavy atom. The van der Waals surface area contributed by atoms with E-state index in [2.05, 4.69) is 15.3 Å². The lowest BCUT2D eigenvalue weighted by Gasteiger charge is -2.10. The highest BCUT2D eigenvalue weighted by Gasteiger charge is 2.16. The molecule has 0 radical (unpaired) electrons. The van der Waals surface area contributed by atoms with Gasteiger partial charge in [-0.05, 0) is 54.6 Å². The van der Waals surface area contributed by atoms with Gasteiger partial charge in [0.05, 0.1) is 33.1 Å². The quantitative estimate of drug-likeness (QED) is 0.362. The van der Waals surface area contributed by atoms with Gasteiger partial charge in [0.15, 0.2) is 0 Å². The molecule has 0 saturated heterocycles. The molecule has 30 heavy (non-hydrogen) atoms. The fourth-order valence-corrected chi connectivity index (χ4v) is 3.47. The van der Waals surface area contributed by atoms with Crippen LogP contribution in [0.3, 0.4) is 0 Å². The van der Waals surface area contributed by atoms with Crippen molar-refractivity contribution in [3.8, 4) is 22.8 Å². The van der Waals surface area contributed by atoms with Crippen LogP contribution < -0.4 is 5.32 Å². The molecule has 5 rings (SSSR count). The molecule has 0 spiro atoms. The number of aromatic nitrogens is 4. The molecule has 2 aromatic carbocycles. The number of carbonyl (C=O) groups is 1. The number of fused-ring (bicyclic) bond motifs is 1. The van der Waals surface area contributed by atoms with E-state index >= 15 is 0 Å². The van der Waals surface area contributed by atoms with E-state index in [1.54, 1.807) is 30.3 Å². The summed E-state index contributed by atoms with van der Waals surface area (Å²) in [6, 6.07) is 20.1. The molecule has 0 bridgehead atoms. The van der Waals surface area contributed by atoms with Crippen molar-refractivity contribution in [3.63, 3.8) is 0 Å². The summed E-state index contributed by atoms with van der Waals surface area (Å²) in [5, 5.41) is 3.32. The number of para-hydroxylation sites is 1. The molecule has 3 N–H and O–H groups in total. The minimum absolute atomic E-state index is 0.262. The zero-order chi connectivity index (χ0) is 20.5. The van der Waals surface area contributed by atoms with Gasteiger partial charge < -0.3 is 15.3 Å². The van der Waals surface area contributed by atoms with E-state index in [4.69, 9.17) is 21.6 Å². The summed E-state index contributed by atoms with van der Waals surface area (Å²) in [6.45, 7) is 0. The molecule has 7 heteroatoms. The fraction of sp³-hybridized carbons (Fsp3) is 0. The number of H-pyrrole nitrogens is 2. The first-order valence-corrected chi connectivity index (χ1v) is 9.72. The molecule has 3 aromatic heterocycles. The molecule has 0 aliphatic heterocycles. The molecule has 1 amide bonds. The van der Waals surface area contributed by atoms with Crippen molar-refractivity contribution in [1.82, 2.24) is 19.9 Å². The van der Waals surface area contributed by atoms with Gasteiger partial charge in [-0.3, -0.25) is 4.79 Å². The van der Waals surface area contributed by atoms with Crippen LogP contribution in [-0.2, 0) is 0 Å². The summed E-state index contributed by atoms with van der Waals surface area (Å²) >= 11 is 6.15. The Balaban J connectivity index is 1.58. The number of halogens is 1. The van der Waals surface area contributed by atoms with E-state index in [1.807, 2.05) is 48.8 Å². The molecular weight excluding hydrogens is 398 g/mol. The van der Waals surface area contributed by atoms with Crippen LogP contribution in [0.5, 0.6) is 0 Å². The Morgan fingerprint density at radius 3 is 2.10 bits per heavy atom. The van der Waals surface area contributed by atoms with E-state index in [9.17, 15) is 4.79 Å². The molecule has 6 nitrogen and oxygen atoms in total. The van der Waals surface area contributed by atoms with Crippen LogP contribution in [0, 0.1) is 0 Å². The number of rotatable bonds is 4. The van der Waals surface area contributed by atoms with Gasteiger partial charge in [-0.2, -0.15) is 0 Å². The van der Waals surface area contributed by atoms with Gasteiger partial charge in [0.25, 0.3) is 5.91 Å². The lowest BCUT2D eigenvalue weighted by atomic mass is 10.1. The minimum Gasteiger partial charge on any atom is -0.360 e. The van der Waals surface area contributed by atoms with E-state index in [-0.39, 0.29) is 5.91 Å². The molecule has 0 aliphatic rings. The van der Waals surface area contributed by atoms with Crippen molar-refractivity contribution in [3.05, 3.63) is 89.7 Å². The molecule has 0 atom stereocenters. The fourth-order valence-electron chi connectivity index (χ4n) is 3.28. The zero-order valence-electron chi connectivity index (χ0n) is 15.7. The third-order valence-corrected chi connectivity index (χ3v) is 5.08. The third kappa shape index (κ3) is 3.33. The SMILES string of the molecule is O=C(Nc1ccccc1Cl)c1ccc2nc(-c3ccc[nH]3)c(-c3ccc[nH]3)nc2c1. The number of aromatic amines is 2. The number of benzene rings is 2. The Labute approximate surface area is 177 Å². The average molecular weight is 414 g/mol.